The fraction of sp³-hybridized carbons (Fsp3) is 0.417. The molecular weight excluding hydrogens is 264 g/mol. The summed E-state index contributed by atoms with van der Waals surface area (Å²) in [7, 11) is 1.87. The SMILES string of the molecule is CCc1cnc(SCC(=O)O)n1Cc1cnn(C)c1. The Morgan fingerprint density at radius 2 is 2.26 bits per heavy atom. The highest BCUT2D eigenvalue weighted by molar-refractivity contribution is 7.99. The molecule has 0 aromatic carbocycles. The molecule has 2 aromatic heterocycles. The number of nitrogens with zero attached hydrogens (tertiary/aromatic N) is 4. The normalized spacial score (nSPS) is 10.8. The van der Waals surface area contributed by atoms with Crippen molar-refractivity contribution < 1.29 is 9.90 Å². The van der Waals surface area contributed by atoms with E-state index in [0.717, 1.165) is 22.8 Å². The van der Waals surface area contributed by atoms with Crippen LogP contribution in [-0.2, 0) is 24.8 Å². The van der Waals surface area contributed by atoms with Gasteiger partial charge in [-0.25, -0.2) is 4.98 Å². The summed E-state index contributed by atoms with van der Waals surface area (Å²) in [6, 6.07) is 0. The van der Waals surface area contributed by atoms with E-state index in [1.165, 1.54) is 11.8 Å². The number of carboxylic acids is 1. The van der Waals surface area contributed by atoms with Crippen molar-refractivity contribution in [2.75, 3.05) is 5.75 Å². The van der Waals surface area contributed by atoms with E-state index in [2.05, 4.69) is 17.0 Å². The van der Waals surface area contributed by atoms with Crippen molar-refractivity contribution in [2.45, 2.75) is 25.0 Å². The standard InChI is InChI=1S/C12H16N4O2S/c1-3-10-5-13-12(19-8-11(17)18)16(10)7-9-4-14-15(2)6-9/h4-6H,3,7-8H2,1-2H3,(H,17,18). The summed E-state index contributed by atoms with van der Waals surface area (Å²) in [6.07, 6.45) is 6.43. The number of hydrogen-bond donors (Lipinski definition) is 1. The van der Waals surface area contributed by atoms with E-state index in [1.54, 1.807) is 10.9 Å². The molecule has 0 radical (unpaired) electrons. The van der Waals surface area contributed by atoms with E-state index < -0.39 is 5.97 Å². The van der Waals surface area contributed by atoms with E-state index in [4.69, 9.17) is 5.11 Å². The maximum atomic E-state index is 10.7. The van der Waals surface area contributed by atoms with Crippen molar-refractivity contribution in [3.63, 3.8) is 0 Å². The topological polar surface area (TPSA) is 72.9 Å². The van der Waals surface area contributed by atoms with Gasteiger partial charge in [0.1, 0.15) is 0 Å². The van der Waals surface area contributed by atoms with Gasteiger partial charge >= 0.3 is 5.97 Å². The van der Waals surface area contributed by atoms with Crippen LogP contribution in [0.5, 0.6) is 0 Å². The van der Waals surface area contributed by atoms with Crippen LogP contribution in [0.15, 0.2) is 23.7 Å². The second-order valence-electron chi connectivity index (χ2n) is 4.18. The Morgan fingerprint density at radius 1 is 1.47 bits per heavy atom. The van der Waals surface area contributed by atoms with Crippen molar-refractivity contribution in [1.82, 2.24) is 19.3 Å². The Balaban J connectivity index is 2.20. The van der Waals surface area contributed by atoms with Gasteiger partial charge in [0.25, 0.3) is 0 Å². The lowest BCUT2D eigenvalue weighted by molar-refractivity contribution is -0.133. The minimum atomic E-state index is -0.834. The lowest BCUT2D eigenvalue weighted by Gasteiger charge is -2.08. The average Bonchev–Trinajstić information content (AvgIpc) is 2.94. The second-order valence-corrected chi connectivity index (χ2v) is 5.12. The average molecular weight is 280 g/mol. The van der Waals surface area contributed by atoms with Gasteiger partial charge in [0.15, 0.2) is 5.16 Å². The molecule has 0 fully saturated rings. The van der Waals surface area contributed by atoms with E-state index in [9.17, 15) is 4.79 Å². The van der Waals surface area contributed by atoms with Crippen molar-refractivity contribution in [3.05, 3.63) is 29.8 Å². The van der Waals surface area contributed by atoms with Gasteiger partial charge in [0.05, 0.1) is 18.5 Å². The van der Waals surface area contributed by atoms with Crippen molar-refractivity contribution in [2.24, 2.45) is 7.05 Å². The Morgan fingerprint density at radius 3 is 2.84 bits per heavy atom. The summed E-state index contributed by atoms with van der Waals surface area (Å²) in [4.78, 5) is 14.9. The molecule has 0 aliphatic heterocycles. The van der Waals surface area contributed by atoms with E-state index in [-0.39, 0.29) is 5.75 Å². The summed E-state index contributed by atoms with van der Waals surface area (Å²) in [6.45, 7) is 2.72. The molecule has 102 valence electrons. The van der Waals surface area contributed by atoms with Crippen LogP contribution in [0.1, 0.15) is 18.2 Å². The monoisotopic (exact) mass is 280 g/mol. The molecule has 7 heteroatoms. The van der Waals surface area contributed by atoms with E-state index in [0.29, 0.717) is 6.54 Å². The fourth-order valence-electron chi connectivity index (χ4n) is 1.82. The summed E-state index contributed by atoms with van der Waals surface area (Å²) < 4.78 is 3.80. The van der Waals surface area contributed by atoms with Crippen LogP contribution >= 0.6 is 11.8 Å². The minimum Gasteiger partial charge on any atom is -0.481 e. The van der Waals surface area contributed by atoms with Crippen LogP contribution in [0.3, 0.4) is 0 Å². The number of rotatable bonds is 6. The Labute approximate surface area is 115 Å². The van der Waals surface area contributed by atoms with Gasteiger partial charge in [-0.15, -0.1) is 0 Å². The highest BCUT2D eigenvalue weighted by Crippen LogP contribution is 2.20. The number of aryl methyl sites for hydroxylation is 2. The molecule has 0 saturated heterocycles. The summed E-state index contributed by atoms with van der Waals surface area (Å²) >= 11 is 1.24. The molecule has 0 atom stereocenters. The first kappa shape index (κ1) is 13.7. The van der Waals surface area contributed by atoms with Crippen molar-refractivity contribution in [1.29, 1.82) is 0 Å². The molecule has 2 aromatic rings. The second kappa shape index (κ2) is 5.92. The Hall–Kier alpha value is -1.76. The zero-order valence-electron chi connectivity index (χ0n) is 10.9. The number of aromatic nitrogens is 4. The molecule has 0 unspecified atom stereocenters. The minimum absolute atomic E-state index is 0.0210. The number of carbonyl (C=O) groups is 1. The zero-order chi connectivity index (χ0) is 13.8. The maximum absolute atomic E-state index is 10.7. The third-order valence-corrected chi connectivity index (χ3v) is 3.66. The van der Waals surface area contributed by atoms with Crippen LogP contribution in [0.25, 0.3) is 0 Å². The molecule has 1 N–H and O–H groups in total. The number of aliphatic carboxylic acids is 1. The Bertz CT molecular complexity index is 576. The highest BCUT2D eigenvalue weighted by Gasteiger charge is 2.12. The molecule has 19 heavy (non-hydrogen) atoms. The molecule has 0 aliphatic carbocycles. The number of thioether (sulfide) groups is 1. The molecule has 0 amide bonds. The van der Waals surface area contributed by atoms with Gasteiger partial charge in [-0.05, 0) is 6.42 Å². The number of carboxylic acid groups (broad SMARTS) is 1. The first-order chi connectivity index (χ1) is 9.10. The summed E-state index contributed by atoms with van der Waals surface area (Å²) in [5.74, 6) is -0.813. The smallest absolute Gasteiger partial charge is 0.313 e. The first-order valence-electron chi connectivity index (χ1n) is 5.96. The van der Waals surface area contributed by atoms with Gasteiger partial charge in [-0.3, -0.25) is 9.48 Å². The van der Waals surface area contributed by atoms with Crippen molar-refractivity contribution >= 4 is 17.7 Å². The predicted octanol–water partition coefficient (Wildman–Crippen LogP) is 1.40. The van der Waals surface area contributed by atoms with Crippen LogP contribution in [0.4, 0.5) is 0 Å². The summed E-state index contributed by atoms with van der Waals surface area (Å²) in [5.41, 5.74) is 2.17. The lowest BCUT2D eigenvalue weighted by Crippen LogP contribution is -2.06. The molecular formula is C12H16N4O2S. The molecule has 0 bridgehead atoms. The van der Waals surface area contributed by atoms with Gasteiger partial charge < -0.3 is 9.67 Å². The van der Waals surface area contributed by atoms with Gasteiger partial charge in [0.2, 0.25) is 0 Å². The van der Waals surface area contributed by atoms with E-state index >= 15 is 0 Å². The molecule has 0 aliphatic rings. The quantitative estimate of drug-likeness (QED) is 0.810. The molecule has 6 nitrogen and oxygen atoms in total. The largest absolute Gasteiger partial charge is 0.481 e. The molecule has 0 saturated carbocycles. The fourth-order valence-corrected chi connectivity index (χ4v) is 2.54. The van der Waals surface area contributed by atoms with Crippen LogP contribution in [0.2, 0.25) is 0 Å². The zero-order valence-corrected chi connectivity index (χ0v) is 11.7. The molecule has 2 rings (SSSR count). The lowest BCUT2D eigenvalue weighted by atomic mass is 10.3. The first-order valence-corrected chi connectivity index (χ1v) is 6.95. The van der Waals surface area contributed by atoms with E-state index in [1.807, 2.05) is 24.0 Å². The number of hydrogen-bond acceptors (Lipinski definition) is 4. The van der Waals surface area contributed by atoms with Gasteiger partial charge in [0, 0.05) is 30.7 Å². The highest BCUT2D eigenvalue weighted by atomic mass is 32.2. The third-order valence-electron chi connectivity index (χ3n) is 2.69. The van der Waals surface area contributed by atoms with Gasteiger partial charge in [-0.1, -0.05) is 18.7 Å². The molecule has 0 spiro atoms. The molecule has 2 heterocycles. The van der Waals surface area contributed by atoms with Crippen molar-refractivity contribution in [3.8, 4) is 0 Å². The Kier molecular flexibility index (Phi) is 4.26. The van der Waals surface area contributed by atoms with Crippen LogP contribution in [-0.4, -0.2) is 36.2 Å². The van der Waals surface area contributed by atoms with Gasteiger partial charge in [-0.2, -0.15) is 5.10 Å². The van der Waals surface area contributed by atoms with Crippen LogP contribution in [0, 0.1) is 0 Å². The van der Waals surface area contributed by atoms with Crippen LogP contribution < -0.4 is 0 Å². The predicted molar refractivity (Wildman–Crippen MR) is 72.3 cm³/mol. The third kappa shape index (κ3) is 3.37. The maximum Gasteiger partial charge on any atom is 0.313 e. The summed E-state index contributed by atoms with van der Waals surface area (Å²) in [5, 5.41) is 13.6. The number of imidazole rings is 1.